The molecule has 2 rings (SSSR count). The molecule has 0 aromatic heterocycles. The molecule has 0 saturated heterocycles. The number of anilines is 1. The molecule has 1 amide bonds. The Morgan fingerprint density at radius 2 is 1.70 bits per heavy atom. The highest BCUT2D eigenvalue weighted by Gasteiger charge is 2.24. The van der Waals surface area contributed by atoms with E-state index in [1.165, 1.54) is 17.0 Å². The number of amides is 1. The zero-order chi connectivity index (χ0) is 14.5. The Morgan fingerprint density at radius 1 is 1.10 bits per heavy atom. The average Bonchev–Trinajstić information content (AvgIpc) is 2.49. The molecular formula is C15H14N2O3. The van der Waals surface area contributed by atoms with Gasteiger partial charge in [0, 0.05) is 18.3 Å². The molecule has 0 radical (unpaired) electrons. The van der Waals surface area contributed by atoms with Gasteiger partial charge in [0.05, 0.1) is 4.92 Å². The lowest BCUT2D eigenvalue weighted by atomic mass is 10.1. The van der Waals surface area contributed by atoms with Crippen molar-refractivity contribution in [1.29, 1.82) is 0 Å². The van der Waals surface area contributed by atoms with Crippen LogP contribution in [0.1, 0.15) is 17.3 Å². The van der Waals surface area contributed by atoms with Gasteiger partial charge in [0.1, 0.15) is 5.56 Å². The molecule has 2 aromatic carbocycles. The summed E-state index contributed by atoms with van der Waals surface area (Å²) in [6, 6.07) is 15.1. The van der Waals surface area contributed by atoms with Gasteiger partial charge in [-0.25, -0.2) is 0 Å². The second kappa shape index (κ2) is 5.97. The minimum Gasteiger partial charge on any atom is -0.308 e. The monoisotopic (exact) mass is 270 g/mol. The summed E-state index contributed by atoms with van der Waals surface area (Å²) in [6.45, 7) is 2.27. The number of hydrogen-bond acceptors (Lipinski definition) is 3. The van der Waals surface area contributed by atoms with Gasteiger partial charge in [-0.3, -0.25) is 14.9 Å². The lowest BCUT2D eigenvalue weighted by Crippen LogP contribution is -2.31. The van der Waals surface area contributed by atoms with Gasteiger partial charge in [-0.2, -0.15) is 0 Å². The van der Waals surface area contributed by atoms with Gasteiger partial charge < -0.3 is 4.90 Å². The lowest BCUT2D eigenvalue weighted by Gasteiger charge is -2.20. The van der Waals surface area contributed by atoms with Gasteiger partial charge in [0.15, 0.2) is 0 Å². The molecule has 5 nitrogen and oxygen atoms in total. The quantitative estimate of drug-likeness (QED) is 0.632. The van der Waals surface area contributed by atoms with E-state index in [4.69, 9.17) is 0 Å². The molecule has 5 heteroatoms. The molecule has 0 spiro atoms. The number of benzene rings is 2. The van der Waals surface area contributed by atoms with Crippen molar-refractivity contribution in [2.75, 3.05) is 11.4 Å². The molecule has 0 aliphatic rings. The maximum absolute atomic E-state index is 12.5. The van der Waals surface area contributed by atoms with E-state index in [0.29, 0.717) is 6.54 Å². The first-order valence-electron chi connectivity index (χ1n) is 6.25. The molecule has 0 unspecified atom stereocenters. The molecular weight excluding hydrogens is 256 g/mol. The molecule has 0 N–H and O–H groups in total. The maximum Gasteiger partial charge on any atom is 0.282 e. The highest BCUT2D eigenvalue weighted by molar-refractivity contribution is 6.08. The Balaban J connectivity index is 2.42. The fourth-order valence-electron chi connectivity index (χ4n) is 2.01. The summed E-state index contributed by atoms with van der Waals surface area (Å²) < 4.78 is 0. The topological polar surface area (TPSA) is 63.5 Å². The standard InChI is InChI=1S/C15H14N2O3/c1-2-16(12-8-4-3-5-9-12)15(18)13-10-6-7-11-14(13)17(19)20/h3-11H,2H2,1H3. The Hall–Kier alpha value is -2.69. The van der Waals surface area contributed by atoms with Crippen molar-refractivity contribution >= 4 is 17.3 Å². The van der Waals surface area contributed by atoms with Crippen LogP contribution < -0.4 is 4.90 Å². The van der Waals surface area contributed by atoms with E-state index in [0.717, 1.165) is 5.69 Å². The van der Waals surface area contributed by atoms with Crippen molar-refractivity contribution in [1.82, 2.24) is 0 Å². The lowest BCUT2D eigenvalue weighted by molar-refractivity contribution is -0.385. The average molecular weight is 270 g/mol. The highest BCUT2D eigenvalue weighted by atomic mass is 16.6. The molecule has 20 heavy (non-hydrogen) atoms. The van der Waals surface area contributed by atoms with E-state index < -0.39 is 4.92 Å². The number of nitrogens with zero attached hydrogens (tertiary/aromatic N) is 2. The van der Waals surface area contributed by atoms with Gasteiger partial charge in [0.25, 0.3) is 11.6 Å². The Bertz CT molecular complexity index is 626. The Kier molecular flexibility index (Phi) is 4.10. The van der Waals surface area contributed by atoms with Crippen molar-refractivity contribution < 1.29 is 9.72 Å². The van der Waals surface area contributed by atoms with E-state index >= 15 is 0 Å². The fourth-order valence-corrected chi connectivity index (χ4v) is 2.01. The van der Waals surface area contributed by atoms with Crippen molar-refractivity contribution in [3.8, 4) is 0 Å². The summed E-state index contributed by atoms with van der Waals surface area (Å²) in [4.78, 5) is 24.5. The SMILES string of the molecule is CCN(C(=O)c1ccccc1[N+](=O)[O-])c1ccccc1. The second-order valence-corrected chi connectivity index (χ2v) is 4.16. The van der Waals surface area contributed by atoms with E-state index in [2.05, 4.69) is 0 Å². The molecule has 0 bridgehead atoms. The van der Waals surface area contributed by atoms with E-state index in [-0.39, 0.29) is 17.2 Å². The first-order valence-corrected chi connectivity index (χ1v) is 6.25. The summed E-state index contributed by atoms with van der Waals surface area (Å²) in [6.07, 6.45) is 0. The zero-order valence-electron chi connectivity index (χ0n) is 11.0. The third kappa shape index (κ3) is 2.66. The molecule has 0 aliphatic heterocycles. The normalized spacial score (nSPS) is 10.1. The third-order valence-corrected chi connectivity index (χ3v) is 2.96. The molecule has 0 fully saturated rings. The van der Waals surface area contributed by atoms with E-state index in [9.17, 15) is 14.9 Å². The molecule has 0 aliphatic carbocycles. The van der Waals surface area contributed by atoms with Crippen molar-refractivity contribution in [3.05, 3.63) is 70.3 Å². The first kappa shape index (κ1) is 13.7. The zero-order valence-corrected chi connectivity index (χ0v) is 11.0. The van der Waals surface area contributed by atoms with Crippen molar-refractivity contribution in [3.63, 3.8) is 0 Å². The Morgan fingerprint density at radius 3 is 2.30 bits per heavy atom. The van der Waals surface area contributed by atoms with Gasteiger partial charge in [-0.05, 0) is 25.1 Å². The predicted molar refractivity (Wildman–Crippen MR) is 76.9 cm³/mol. The number of carbonyl (C=O) groups excluding carboxylic acids is 1. The molecule has 0 saturated carbocycles. The van der Waals surface area contributed by atoms with Crippen molar-refractivity contribution in [2.45, 2.75) is 6.92 Å². The number of rotatable bonds is 4. The van der Waals surface area contributed by atoms with Gasteiger partial charge in [-0.15, -0.1) is 0 Å². The fraction of sp³-hybridized carbons (Fsp3) is 0.133. The van der Waals surface area contributed by atoms with Gasteiger partial charge >= 0.3 is 0 Å². The van der Waals surface area contributed by atoms with Gasteiger partial charge in [0.2, 0.25) is 0 Å². The molecule has 0 atom stereocenters. The molecule has 102 valence electrons. The predicted octanol–water partition coefficient (Wildman–Crippen LogP) is 3.26. The van der Waals surface area contributed by atoms with Crippen molar-refractivity contribution in [2.24, 2.45) is 0 Å². The van der Waals surface area contributed by atoms with Gasteiger partial charge in [-0.1, -0.05) is 30.3 Å². The minimum absolute atomic E-state index is 0.100. The van der Waals surface area contributed by atoms with Crippen LogP contribution in [0.3, 0.4) is 0 Å². The summed E-state index contributed by atoms with van der Waals surface area (Å²) in [5.74, 6) is -0.369. The van der Waals surface area contributed by atoms with Crippen LogP contribution in [0.5, 0.6) is 0 Å². The van der Waals surface area contributed by atoms with Crippen LogP contribution in [0, 0.1) is 10.1 Å². The summed E-state index contributed by atoms with van der Waals surface area (Å²) >= 11 is 0. The third-order valence-electron chi connectivity index (χ3n) is 2.96. The maximum atomic E-state index is 12.5. The van der Waals surface area contributed by atoms with Crippen LogP contribution >= 0.6 is 0 Å². The smallest absolute Gasteiger partial charge is 0.282 e. The second-order valence-electron chi connectivity index (χ2n) is 4.16. The first-order chi connectivity index (χ1) is 9.65. The van der Waals surface area contributed by atoms with Crippen LogP contribution in [0.25, 0.3) is 0 Å². The minimum atomic E-state index is -0.536. The van der Waals surface area contributed by atoms with Crippen LogP contribution in [0.4, 0.5) is 11.4 Å². The van der Waals surface area contributed by atoms with Crippen LogP contribution in [0.15, 0.2) is 54.6 Å². The molecule has 2 aromatic rings. The summed E-state index contributed by atoms with van der Waals surface area (Å²) in [5.41, 5.74) is 0.647. The number of nitro benzene ring substituents is 1. The van der Waals surface area contributed by atoms with Crippen LogP contribution in [0.2, 0.25) is 0 Å². The molecule has 0 heterocycles. The summed E-state index contributed by atoms with van der Waals surface area (Å²) in [5, 5.41) is 11.0. The summed E-state index contributed by atoms with van der Waals surface area (Å²) in [7, 11) is 0. The highest BCUT2D eigenvalue weighted by Crippen LogP contribution is 2.22. The Labute approximate surface area is 116 Å². The number of nitro groups is 1. The van der Waals surface area contributed by atoms with Crippen LogP contribution in [-0.4, -0.2) is 17.4 Å². The number of carbonyl (C=O) groups is 1. The largest absolute Gasteiger partial charge is 0.308 e. The van der Waals surface area contributed by atoms with E-state index in [1.54, 1.807) is 24.3 Å². The van der Waals surface area contributed by atoms with Crippen LogP contribution in [-0.2, 0) is 0 Å². The number of hydrogen-bond donors (Lipinski definition) is 0. The van der Waals surface area contributed by atoms with E-state index in [1.807, 2.05) is 25.1 Å². The number of para-hydroxylation sites is 2.